The Hall–Kier alpha value is -4.28. The first-order valence-corrected chi connectivity index (χ1v) is 18.5. The van der Waals surface area contributed by atoms with Gasteiger partial charge in [-0.15, -0.1) is 0 Å². The second-order valence-corrected chi connectivity index (χ2v) is 13.2. The van der Waals surface area contributed by atoms with Crippen LogP contribution >= 0.6 is 0 Å². The zero-order valence-corrected chi connectivity index (χ0v) is 31.2. The second-order valence-electron chi connectivity index (χ2n) is 13.2. The number of Topliss-reactive ketones (excluding diaryl/α,β-unsaturated/α-hetero) is 1. The third-order valence-electron chi connectivity index (χ3n) is 9.51. The minimum atomic E-state index is 0.00556. The summed E-state index contributed by atoms with van der Waals surface area (Å²) in [6.45, 7) is 13.1. The second kappa shape index (κ2) is 20.1. The number of hydrogen-bond acceptors (Lipinski definition) is 9. The average Bonchev–Trinajstić information content (AvgIpc) is 3.16. The molecule has 5 rings (SSSR count). The summed E-state index contributed by atoms with van der Waals surface area (Å²) >= 11 is 0. The molecule has 0 bridgehead atoms. The molecular formula is C43H54N2O7. The summed E-state index contributed by atoms with van der Waals surface area (Å²) in [5.74, 6) is 1.44. The molecule has 1 aromatic heterocycles. The molecule has 0 amide bonds. The molecule has 0 radical (unpaired) electrons. The van der Waals surface area contributed by atoms with Crippen LogP contribution in [0.2, 0.25) is 0 Å². The molecule has 0 atom stereocenters. The van der Waals surface area contributed by atoms with E-state index in [0.717, 1.165) is 88.7 Å². The molecule has 9 heteroatoms. The Bertz CT molecular complexity index is 1710. The van der Waals surface area contributed by atoms with Gasteiger partial charge in [0.1, 0.15) is 19.0 Å². The van der Waals surface area contributed by atoms with Crippen molar-refractivity contribution in [3.05, 3.63) is 106 Å². The van der Waals surface area contributed by atoms with E-state index in [9.17, 15) is 4.79 Å². The number of anilines is 1. The minimum Gasteiger partial charge on any atom is -0.491 e. The highest BCUT2D eigenvalue weighted by atomic mass is 16.5. The van der Waals surface area contributed by atoms with E-state index in [4.69, 9.17) is 33.8 Å². The molecule has 278 valence electrons. The van der Waals surface area contributed by atoms with Crippen LogP contribution in [0.15, 0.2) is 72.8 Å². The zero-order chi connectivity index (χ0) is 36.7. The maximum absolute atomic E-state index is 14.3. The number of hydrogen-bond donors (Lipinski definition) is 1. The number of carbonyl (C=O) groups is 1. The van der Waals surface area contributed by atoms with Crippen LogP contribution in [0.3, 0.4) is 0 Å². The van der Waals surface area contributed by atoms with Crippen molar-refractivity contribution in [2.75, 3.05) is 64.3 Å². The molecule has 1 saturated heterocycles. The van der Waals surface area contributed by atoms with E-state index in [1.54, 1.807) is 0 Å². The van der Waals surface area contributed by atoms with Gasteiger partial charge in [-0.3, -0.25) is 4.79 Å². The van der Waals surface area contributed by atoms with Crippen LogP contribution in [0.5, 0.6) is 11.6 Å². The highest BCUT2D eigenvalue weighted by Crippen LogP contribution is 2.35. The third-order valence-corrected chi connectivity index (χ3v) is 9.51. The fraction of sp³-hybridized carbons (Fsp3) is 0.442. The SMILES string of the molecule is CCN(c1cc(-c2ccc(OCCOCCOCCO)cc2)cc(C(=O)CCc2c(C)cc(C)nc2OCc2ccccc2)c1C)C1CCOCC1. The molecule has 3 aromatic carbocycles. The fourth-order valence-electron chi connectivity index (χ4n) is 6.78. The van der Waals surface area contributed by atoms with Crippen LogP contribution in [-0.4, -0.2) is 81.3 Å². The van der Waals surface area contributed by atoms with E-state index in [1.807, 2.05) is 61.5 Å². The van der Waals surface area contributed by atoms with E-state index >= 15 is 0 Å². The van der Waals surface area contributed by atoms with Crippen LogP contribution < -0.4 is 14.4 Å². The molecule has 1 aliphatic rings. The molecule has 1 N–H and O–H groups in total. The van der Waals surface area contributed by atoms with Gasteiger partial charge in [-0.05, 0) is 105 Å². The van der Waals surface area contributed by atoms with E-state index in [0.29, 0.717) is 64.4 Å². The summed E-state index contributed by atoms with van der Waals surface area (Å²) in [5.41, 5.74) is 8.85. The Labute approximate surface area is 308 Å². The van der Waals surface area contributed by atoms with Crippen LogP contribution in [0, 0.1) is 20.8 Å². The smallest absolute Gasteiger partial charge is 0.217 e. The highest BCUT2D eigenvalue weighted by Gasteiger charge is 2.25. The molecule has 52 heavy (non-hydrogen) atoms. The summed E-state index contributed by atoms with van der Waals surface area (Å²) in [4.78, 5) is 21.5. The van der Waals surface area contributed by atoms with Crippen molar-refractivity contribution in [3.63, 3.8) is 0 Å². The lowest BCUT2D eigenvalue weighted by atomic mass is 9.91. The van der Waals surface area contributed by atoms with Crippen molar-refractivity contribution < 1.29 is 33.6 Å². The highest BCUT2D eigenvalue weighted by molar-refractivity contribution is 6.00. The number of ketones is 1. The van der Waals surface area contributed by atoms with E-state index in [1.165, 1.54) is 0 Å². The number of aryl methyl sites for hydroxylation is 2. The zero-order valence-electron chi connectivity index (χ0n) is 31.2. The summed E-state index contributed by atoms with van der Waals surface area (Å²) in [7, 11) is 0. The predicted molar refractivity (Wildman–Crippen MR) is 205 cm³/mol. The Morgan fingerprint density at radius 3 is 2.29 bits per heavy atom. The van der Waals surface area contributed by atoms with Gasteiger partial charge >= 0.3 is 0 Å². The first-order chi connectivity index (χ1) is 25.4. The molecule has 2 heterocycles. The lowest BCUT2D eigenvalue weighted by molar-refractivity contribution is 0.0247. The van der Waals surface area contributed by atoms with Crippen molar-refractivity contribution in [2.24, 2.45) is 0 Å². The van der Waals surface area contributed by atoms with Gasteiger partial charge in [-0.2, -0.15) is 0 Å². The number of ether oxygens (including phenoxy) is 5. The average molecular weight is 711 g/mol. The van der Waals surface area contributed by atoms with Gasteiger partial charge in [-0.1, -0.05) is 42.5 Å². The Morgan fingerprint density at radius 1 is 0.865 bits per heavy atom. The summed E-state index contributed by atoms with van der Waals surface area (Å²) < 4.78 is 28.6. The standard InChI is InChI=1S/C43H54N2O7/c1-5-45(37-17-20-48-21-18-37)41-29-36(35-11-13-38(14-12-35)51-26-25-50-24-23-49-22-19-46)28-40(33(41)4)42(47)16-15-39-31(2)27-32(3)44-43(39)52-30-34-9-7-6-8-10-34/h6-14,27-29,37,46H,5,15-26,30H2,1-4H3. The number of pyridine rings is 1. The number of aliphatic hydroxyl groups is 1. The largest absolute Gasteiger partial charge is 0.491 e. The van der Waals surface area contributed by atoms with Gasteiger partial charge in [0, 0.05) is 54.7 Å². The first-order valence-electron chi connectivity index (χ1n) is 18.5. The van der Waals surface area contributed by atoms with E-state index in [-0.39, 0.29) is 12.4 Å². The van der Waals surface area contributed by atoms with Gasteiger partial charge in [0.05, 0.1) is 33.0 Å². The molecular weight excluding hydrogens is 656 g/mol. The summed E-state index contributed by atoms with van der Waals surface area (Å²) in [6, 6.07) is 24.8. The Morgan fingerprint density at radius 2 is 1.58 bits per heavy atom. The number of aliphatic hydroxyl groups excluding tert-OH is 1. The van der Waals surface area contributed by atoms with Crippen molar-refractivity contribution in [1.29, 1.82) is 0 Å². The quantitative estimate of drug-likeness (QED) is 0.0740. The van der Waals surface area contributed by atoms with Gasteiger partial charge in [0.25, 0.3) is 0 Å². The monoisotopic (exact) mass is 710 g/mol. The molecule has 0 saturated carbocycles. The number of benzene rings is 3. The topological polar surface area (TPSA) is 99.6 Å². The molecule has 4 aromatic rings. The van der Waals surface area contributed by atoms with E-state index < -0.39 is 0 Å². The van der Waals surface area contributed by atoms with Gasteiger partial charge in [0.2, 0.25) is 5.88 Å². The van der Waals surface area contributed by atoms with E-state index in [2.05, 4.69) is 43.9 Å². The first kappa shape index (κ1) is 38.9. The van der Waals surface area contributed by atoms with Crippen LogP contribution in [0.1, 0.15) is 64.5 Å². The van der Waals surface area contributed by atoms with Gasteiger partial charge in [0.15, 0.2) is 5.78 Å². The third kappa shape index (κ3) is 10.9. The maximum Gasteiger partial charge on any atom is 0.217 e. The minimum absolute atomic E-state index is 0.00556. The van der Waals surface area contributed by atoms with Crippen LogP contribution in [0.25, 0.3) is 11.1 Å². The van der Waals surface area contributed by atoms with Crippen molar-refractivity contribution in [3.8, 4) is 22.8 Å². The Balaban J connectivity index is 1.35. The summed E-state index contributed by atoms with van der Waals surface area (Å²) in [5, 5.41) is 8.79. The fourth-order valence-corrected chi connectivity index (χ4v) is 6.78. The lowest BCUT2D eigenvalue weighted by Gasteiger charge is -2.37. The summed E-state index contributed by atoms with van der Waals surface area (Å²) in [6.07, 6.45) is 2.78. The van der Waals surface area contributed by atoms with Crippen molar-refractivity contribution >= 4 is 11.5 Å². The van der Waals surface area contributed by atoms with Gasteiger partial charge < -0.3 is 33.7 Å². The van der Waals surface area contributed by atoms with Gasteiger partial charge in [-0.25, -0.2) is 4.98 Å². The molecule has 1 fully saturated rings. The predicted octanol–water partition coefficient (Wildman–Crippen LogP) is 7.48. The van der Waals surface area contributed by atoms with Crippen LogP contribution in [-0.2, 0) is 27.2 Å². The molecule has 0 aliphatic carbocycles. The normalized spacial score (nSPS) is 13.2. The molecule has 9 nitrogen and oxygen atoms in total. The van der Waals surface area contributed by atoms with Crippen LogP contribution in [0.4, 0.5) is 5.69 Å². The Kier molecular flexibility index (Phi) is 15.0. The molecule has 0 spiro atoms. The number of nitrogens with zero attached hydrogens (tertiary/aromatic N) is 2. The maximum atomic E-state index is 14.3. The van der Waals surface area contributed by atoms with Crippen molar-refractivity contribution in [2.45, 2.75) is 66.0 Å². The molecule has 1 aliphatic heterocycles. The van der Waals surface area contributed by atoms with Crippen molar-refractivity contribution in [1.82, 2.24) is 4.98 Å². The number of aromatic nitrogens is 1. The number of carbonyl (C=O) groups excluding carboxylic acids is 1. The molecule has 0 unspecified atom stereocenters. The lowest BCUT2D eigenvalue weighted by Crippen LogP contribution is -2.40. The number of rotatable bonds is 20.